The number of hydrogen-bond acceptors (Lipinski definition) is 5. The van der Waals surface area contributed by atoms with Crippen LogP contribution in [0, 0.1) is 11.8 Å². The Kier molecular flexibility index (Phi) is 6.63. The number of benzene rings is 1. The van der Waals surface area contributed by atoms with E-state index in [2.05, 4.69) is 0 Å². The second-order valence-corrected chi connectivity index (χ2v) is 8.27. The van der Waals surface area contributed by atoms with Crippen molar-refractivity contribution in [2.45, 2.75) is 59.1 Å². The zero-order valence-electron chi connectivity index (χ0n) is 16.7. The normalized spacial score (nSPS) is 18.4. The van der Waals surface area contributed by atoms with E-state index in [0.29, 0.717) is 6.42 Å². The molecule has 0 bridgehead atoms. The maximum atomic E-state index is 13.1. The summed E-state index contributed by atoms with van der Waals surface area (Å²) in [5, 5.41) is 0. The van der Waals surface area contributed by atoms with Crippen LogP contribution in [-0.2, 0) is 25.5 Å². The molecule has 1 aromatic carbocycles. The van der Waals surface area contributed by atoms with E-state index in [-0.39, 0.29) is 30.9 Å². The molecule has 0 radical (unpaired) electrons. The van der Waals surface area contributed by atoms with Gasteiger partial charge in [-0.3, -0.25) is 9.59 Å². The van der Waals surface area contributed by atoms with Crippen molar-refractivity contribution in [2.24, 2.45) is 11.8 Å². The Labute approximate surface area is 160 Å². The number of cyclic esters (lactones) is 1. The molecule has 1 aliphatic rings. The lowest BCUT2D eigenvalue weighted by Gasteiger charge is -2.28. The molecule has 1 saturated heterocycles. The van der Waals surface area contributed by atoms with E-state index in [1.165, 1.54) is 4.90 Å². The van der Waals surface area contributed by atoms with Crippen LogP contribution in [0.3, 0.4) is 0 Å². The van der Waals surface area contributed by atoms with Crippen molar-refractivity contribution >= 4 is 18.0 Å². The first kappa shape index (κ1) is 20.9. The lowest BCUT2D eigenvalue weighted by atomic mass is 9.90. The van der Waals surface area contributed by atoms with Crippen LogP contribution in [0.1, 0.15) is 46.6 Å². The summed E-state index contributed by atoms with van der Waals surface area (Å²) in [7, 11) is 0. The Balaban J connectivity index is 2.14. The highest BCUT2D eigenvalue weighted by atomic mass is 16.6. The standard InChI is InChI=1S/C21H29NO5/c1-14(2)17(12-18(23)27-21(3,4)5)19(24)22-16(13-26-20(22)25)11-15-9-7-6-8-10-15/h6-10,14,16-17H,11-13H2,1-5H3/t16-,17?/m0/s1. The Morgan fingerprint density at radius 2 is 1.85 bits per heavy atom. The SMILES string of the molecule is CC(C)C(CC(=O)OC(C)(C)C)C(=O)N1C(=O)OC[C@@H]1Cc1ccccc1. The van der Waals surface area contributed by atoms with Gasteiger partial charge in [-0.05, 0) is 38.7 Å². The van der Waals surface area contributed by atoms with E-state index >= 15 is 0 Å². The number of rotatable bonds is 6. The summed E-state index contributed by atoms with van der Waals surface area (Å²) in [5.74, 6) is -1.57. The average molecular weight is 375 g/mol. The van der Waals surface area contributed by atoms with Gasteiger partial charge < -0.3 is 9.47 Å². The molecule has 6 heteroatoms. The van der Waals surface area contributed by atoms with Crippen LogP contribution in [-0.4, -0.2) is 41.1 Å². The largest absolute Gasteiger partial charge is 0.460 e. The summed E-state index contributed by atoms with van der Waals surface area (Å²) in [6, 6.07) is 9.28. The Hall–Kier alpha value is -2.37. The monoisotopic (exact) mass is 375 g/mol. The minimum atomic E-state index is -0.643. The molecule has 0 aromatic heterocycles. The Morgan fingerprint density at radius 1 is 1.22 bits per heavy atom. The quantitative estimate of drug-likeness (QED) is 0.711. The molecule has 6 nitrogen and oxygen atoms in total. The van der Waals surface area contributed by atoms with Crippen molar-refractivity contribution in [3.8, 4) is 0 Å². The van der Waals surface area contributed by atoms with Crippen LogP contribution >= 0.6 is 0 Å². The van der Waals surface area contributed by atoms with E-state index in [1.807, 2.05) is 44.2 Å². The molecule has 2 rings (SSSR count). The van der Waals surface area contributed by atoms with Gasteiger partial charge in [0.05, 0.1) is 18.4 Å². The fourth-order valence-corrected chi connectivity index (χ4v) is 3.12. The molecule has 1 aliphatic heterocycles. The molecule has 2 amide bonds. The van der Waals surface area contributed by atoms with Crippen LogP contribution in [0.25, 0.3) is 0 Å². The molecule has 1 aromatic rings. The van der Waals surface area contributed by atoms with Gasteiger partial charge in [-0.1, -0.05) is 44.2 Å². The maximum Gasteiger partial charge on any atom is 0.416 e. The summed E-state index contributed by atoms with van der Waals surface area (Å²) in [6.45, 7) is 9.23. The van der Waals surface area contributed by atoms with E-state index < -0.39 is 23.6 Å². The molecule has 27 heavy (non-hydrogen) atoms. The van der Waals surface area contributed by atoms with Gasteiger partial charge in [-0.25, -0.2) is 9.69 Å². The predicted octanol–water partition coefficient (Wildman–Crippen LogP) is 3.58. The van der Waals surface area contributed by atoms with Crippen molar-refractivity contribution in [2.75, 3.05) is 6.61 Å². The first-order valence-electron chi connectivity index (χ1n) is 9.34. The number of carbonyl (C=O) groups excluding carboxylic acids is 3. The fraction of sp³-hybridized carbons (Fsp3) is 0.571. The van der Waals surface area contributed by atoms with Gasteiger partial charge in [-0.2, -0.15) is 0 Å². The van der Waals surface area contributed by atoms with Crippen LogP contribution in [0.4, 0.5) is 4.79 Å². The number of hydrogen-bond donors (Lipinski definition) is 0. The van der Waals surface area contributed by atoms with Crippen LogP contribution in [0.2, 0.25) is 0 Å². The van der Waals surface area contributed by atoms with Gasteiger partial charge in [0.25, 0.3) is 0 Å². The van der Waals surface area contributed by atoms with Crippen LogP contribution < -0.4 is 0 Å². The summed E-state index contributed by atoms with van der Waals surface area (Å²) < 4.78 is 10.5. The number of carbonyl (C=O) groups is 3. The van der Waals surface area contributed by atoms with E-state index in [0.717, 1.165) is 5.56 Å². The zero-order chi connectivity index (χ0) is 20.2. The maximum absolute atomic E-state index is 13.1. The van der Waals surface area contributed by atoms with Crippen molar-refractivity contribution < 1.29 is 23.9 Å². The summed E-state index contributed by atoms with van der Waals surface area (Å²) >= 11 is 0. The molecule has 1 unspecified atom stereocenters. The molecule has 2 atom stereocenters. The second kappa shape index (κ2) is 8.55. The number of amides is 2. The van der Waals surface area contributed by atoms with Gasteiger partial charge in [0, 0.05) is 0 Å². The van der Waals surface area contributed by atoms with Crippen LogP contribution in [0.15, 0.2) is 30.3 Å². The predicted molar refractivity (Wildman–Crippen MR) is 101 cm³/mol. The first-order chi connectivity index (χ1) is 12.6. The third kappa shape index (κ3) is 5.81. The first-order valence-corrected chi connectivity index (χ1v) is 9.34. The van der Waals surface area contributed by atoms with Gasteiger partial charge in [0.1, 0.15) is 12.2 Å². The average Bonchev–Trinajstić information content (AvgIpc) is 2.91. The van der Waals surface area contributed by atoms with Gasteiger partial charge in [-0.15, -0.1) is 0 Å². The van der Waals surface area contributed by atoms with E-state index in [4.69, 9.17) is 9.47 Å². The van der Waals surface area contributed by atoms with Gasteiger partial charge in [0.15, 0.2) is 0 Å². The number of imide groups is 1. The molecule has 1 heterocycles. The van der Waals surface area contributed by atoms with Crippen molar-refractivity contribution in [1.82, 2.24) is 4.90 Å². The Bertz CT molecular complexity index is 678. The fourth-order valence-electron chi connectivity index (χ4n) is 3.12. The molecule has 148 valence electrons. The number of ether oxygens (including phenoxy) is 2. The molecule has 0 spiro atoms. The van der Waals surface area contributed by atoms with Gasteiger partial charge >= 0.3 is 12.1 Å². The van der Waals surface area contributed by atoms with Crippen molar-refractivity contribution in [1.29, 1.82) is 0 Å². The highest BCUT2D eigenvalue weighted by Crippen LogP contribution is 2.26. The molecule has 1 fully saturated rings. The minimum absolute atomic E-state index is 0.0599. The Morgan fingerprint density at radius 3 is 2.41 bits per heavy atom. The molecule has 0 N–H and O–H groups in total. The lowest BCUT2D eigenvalue weighted by Crippen LogP contribution is -2.45. The topological polar surface area (TPSA) is 72.9 Å². The second-order valence-electron chi connectivity index (χ2n) is 8.27. The summed E-state index contributed by atoms with van der Waals surface area (Å²) in [6.07, 6.45) is -0.179. The van der Waals surface area contributed by atoms with E-state index in [9.17, 15) is 14.4 Å². The van der Waals surface area contributed by atoms with Gasteiger partial charge in [0.2, 0.25) is 5.91 Å². The third-order valence-electron chi connectivity index (χ3n) is 4.44. The zero-order valence-corrected chi connectivity index (χ0v) is 16.7. The van der Waals surface area contributed by atoms with Crippen molar-refractivity contribution in [3.63, 3.8) is 0 Å². The minimum Gasteiger partial charge on any atom is -0.460 e. The van der Waals surface area contributed by atoms with Crippen molar-refractivity contribution in [3.05, 3.63) is 35.9 Å². The molecular weight excluding hydrogens is 346 g/mol. The third-order valence-corrected chi connectivity index (χ3v) is 4.44. The lowest BCUT2D eigenvalue weighted by molar-refractivity contribution is -0.159. The molecule has 0 aliphatic carbocycles. The smallest absolute Gasteiger partial charge is 0.416 e. The summed E-state index contributed by atoms with van der Waals surface area (Å²) in [5.41, 5.74) is 0.399. The molecule has 0 saturated carbocycles. The summed E-state index contributed by atoms with van der Waals surface area (Å²) in [4.78, 5) is 38.8. The number of nitrogens with zero attached hydrogens (tertiary/aromatic N) is 1. The molecular formula is C21H29NO5. The van der Waals surface area contributed by atoms with Crippen LogP contribution in [0.5, 0.6) is 0 Å². The highest BCUT2D eigenvalue weighted by molar-refractivity contribution is 5.96. The number of esters is 1. The highest BCUT2D eigenvalue weighted by Gasteiger charge is 2.42. The van der Waals surface area contributed by atoms with E-state index in [1.54, 1.807) is 20.8 Å².